The fraction of sp³-hybridized carbons (Fsp3) is 0.550. The van der Waals surface area contributed by atoms with E-state index in [4.69, 9.17) is 12.2 Å². The molecule has 2 atom stereocenters. The number of hydrogen-bond acceptors (Lipinski definition) is 7. The second-order valence-corrected chi connectivity index (χ2v) is 8.44. The minimum absolute atomic E-state index is 0.0129. The highest BCUT2D eigenvalue weighted by atomic mass is 32.1. The molecule has 168 valence electrons. The molecule has 2 aromatic heterocycles. The first-order chi connectivity index (χ1) is 14.6. The number of methoxy groups -OCH3 is 1. The molecule has 2 heterocycles. The number of aromatic nitrogens is 4. The number of halogens is 1. The van der Waals surface area contributed by atoms with E-state index in [-0.39, 0.29) is 29.1 Å². The number of carbonyl (C=O) groups is 1. The quantitative estimate of drug-likeness (QED) is 0.362. The highest BCUT2D eigenvalue weighted by Gasteiger charge is 2.34. The molecule has 0 saturated heterocycles. The smallest absolute Gasteiger partial charge is 0.346 e. The summed E-state index contributed by atoms with van der Waals surface area (Å²) in [7, 11) is 1.03. The Labute approximate surface area is 183 Å². The molecule has 0 radical (unpaired) electrons. The number of hydrogen-bond donors (Lipinski definition) is 2. The SMILES string of the molecule is COC(=O)C(F)C(=Nc1ccnn1C(C)C1CC1)c1c(O)n(CC(C)C)c(=S)[nH]c1=O. The van der Waals surface area contributed by atoms with E-state index in [1.807, 2.05) is 20.8 Å². The molecule has 1 aliphatic carbocycles. The van der Waals surface area contributed by atoms with Crippen LogP contribution in [0.3, 0.4) is 0 Å². The molecule has 9 nitrogen and oxygen atoms in total. The highest BCUT2D eigenvalue weighted by molar-refractivity contribution is 7.71. The van der Waals surface area contributed by atoms with Crippen LogP contribution < -0.4 is 5.56 Å². The average molecular weight is 452 g/mol. The van der Waals surface area contributed by atoms with Crippen molar-refractivity contribution in [2.45, 2.75) is 52.4 Å². The van der Waals surface area contributed by atoms with Crippen LogP contribution in [0.2, 0.25) is 0 Å². The van der Waals surface area contributed by atoms with E-state index in [1.54, 1.807) is 10.7 Å². The molecule has 1 saturated carbocycles. The van der Waals surface area contributed by atoms with Crippen molar-refractivity contribution in [1.29, 1.82) is 0 Å². The molecule has 1 fully saturated rings. The predicted octanol–water partition coefficient (Wildman–Crippen LogP) is 3.07. The number of aromatic hydroxyl groups is 1. The van der Waals surface area contributed by atoms with Crippen molar-refractivity contribution in [1.82, 2.24) is 19.3 Å². The maximum atomic E-state index is 15.2. The number of H-pyrrole nitrogens is 1. The molecule has 1 aliphatic rings. The summed E-state index contributed by atoms with van der Waals surface area (Å²) in [6, 6.07) is 1.57. The molecule has 2 aromatic rings. The lowest BCUT2D eigenvalue weighted by molar-refractivity contribution is -0.143. The zero-order valence-electron chi connectivity index (χ0n) is 17.8. The lowest BCUT2D eigenvalue weighted by Gasteiger charge is -2.17. The van der Waals surface area contributed by atoms with Crippen molar-refractivity contribution in [3.63, 3.8) is 0 Å². The largest absolute Gasteiger partial charge is 0.494 e. The minimum atomic E-state index is -2.40. The van der Waals surface area contributed by atoms with Crippen molar-refractivity contribution < 1.29 is 19.0 Å². The summed E-state index contributed by atoms with van der Waals surface area (Å²) in [5.41, 5.74) is -1.89. The van der Waals surface area contributed by atoms with Crippen molar-refractivity contribution in [2.75, 3.05) is 7.11 Å². The van der Waals surface area contributed by atoms with Gasteiger partial charge in [-0.15, -0.1) is 0 Å². The highest BCUT2D eigenvalue weighted by Crippen LogP contribution is 2.40. The summed E-state index contributed by atoms with van der Waals surface area (Å²) in [4.78, 5) is 31.4. The lowest BCUT2D eigenvalue weighted by Crippen LogP contribution is -2.34. The number of rotatable bonds is 8. The Morgan fingerprint density at radius 1 is 1.45 bits per heavy atom. The predicted molar refractivity (Wildman–Crippen MR) is 115 cm³/mol. The normalized spacial score (nSPS) is 16.4. The number of carbonyl (C=O) groups excluding carboxylic acids is 1. The van der Waals surface area contributed by atoms with E-state index in [1.165, 1.54) is 10.8 Å². The zero-order chi connectivity index (χ0) is 22.9. The number of alkyl halides is 1. The first-order valence-corrected chi connectivity index (χ1v) is 10.5. The average Bonchev–Trinajstić information content (AvgIpc) is 3.47. The van der Waals surface area contributed by atoms with E-state index in [0.29, 0.717) is 5.92 Å². The molecule has 0 bridgehead atoms. The molecule has 31 heavy (non-hydrogen) atoms. The van der Waals surface area contributed by atoms with Gasteiger partial charge in [0.15, 0.2) is 10.6 Å². The third-order valence-corrected chi connectivity index (χ3v) is 5.52. The molecule has 11 heteroatoms. The van der Waals surface area contributed by atoms with Crippen molar-refractivity contribution in [3.05, 3.63) is 33.0 Å². The van der Waals surface area contributed by atoms with Crippen LogP contribution in [0.15, 0.2) is 22.1 Å². The molecular formula is C20H26FN5O4S. The maximum Gasteiger partial charge on any atom is 0.346 e. The molecule has 0 amide bonds. The van der Waals surface area contributed by atoms with Gasteiger partial charge in [0.2, 0.25) is 12.1 Å². The van der Waals surface area contributed by atoms with Crippen LogP contribution in [0.5, 0.6) is 5.88 Å². The maximum absolute atomic E-state index is 15.2. The summed E-state index contributed by atoms with van der Waals surface area (Å²) >= 11 is 5.15. The Balaban J connectivity index is 2.22. The van der Waals surface area contributed by atoms with Crippen molar-refractivity contribution >= 4 is 29.7 Å². The van der Waals surface area contributed by atoms with E-state index >= 15 is 4.39 Å². The minimum Gasteiger partial charge on any atom is -0.494 e. The molecule has 2 unspecified atom stereocenters. The van der Waals surface area contributed by atoms with Gasteiger partial charge in [-0.25, -0.2) is 18.9 Å². The van der Waals surface area contributed by atoms with Crippen LogP contribution in [0, 0.1) is 16.6 Å². The number of ether oxygens (including phenoxy) is 1. The molecule has 0 spiro atoms. The fourth-order valence-electron chi connectivity index (χ4n) is 3.39. The molecule has 3 rings (SSSR count). The van der Waals surface area contributed by atoms with Gasteiger partial charge in [-0.3, -0.25) is 14.3 Å². The monoisotopic (exact) mass is 451 g/mol. The zero-order valence-corrected chi connectivity index (χ0v) is 18.6. The van der Waals surface area contributed by atoms with Gasteiger partial charge in [-0.1, -0.05) is 13.8 Å². The molecular weight excluding hydrogens is 425 g/mol. The van der Waals surface area contributed by atoms with Crippen LogP contribution in [0.1, 0.15) is 45.2 Å². The number of aliphatic imine (C=N–C) groups is 1. The van der Waals surface area contributed by atoms with Crippen LogP contribution >= 0.6 is 12.2 Å². The number of esters is 1. The second-order valence-electron chi connectivity index (χ2n) is 8.06. The Morgan fingerprint density at radius 3 is 2.71 bits per heavy atom. The standard InChI is InChI=1S/C20H26FN5O4S/c1-10(2)9-25-18(28)14(17(27)24-20(25)31)16(15(21)19(29)30-4)23-13-7-8-22-26(13)11(3)12-5-6-12/h7-8,10-12,15,28H,5-6,9H2,1-4H3,(H,24,27,31). The molecule has 0 aliphatic heterocycles. The van der Waals surface area contributed by atoms with Gasteiger partial charge in [0, 0.05) is 12.6 Å². The molecule has 0 aromatic carbocycles. The first kappa shape index (κ1) is 22.9. The summed E-state index contributed by atoms with van der Waals surface area (Å²) in [6.45, 7) is 6.04. The Morgan fingerprint density at radius 2 is 2.13 bits per heavy atom. The number of nitrogens with zero attached hydrogens (tertiary/aromatic N) is 4. The Bertz CT molecular complexity index is 1120. The summed E-state index contributed by atoms with van der Waals surface area (Å²) < 4.78 is 22.6. The Kier molecular flexibility index (Phi) is 6.73. The topological polar surface area (TPSA) is 114 Å². The van der Waals surface area contributed by atoms with Gasteiger partial charge >= 0.3 is 5.97 Å². The van der Waals surface area contributed by atoms with Crippen LogP contribution in [-0.4, -0.2) is 49.4 Å². The van der Waals surface area contributed by atoms with Gasteiger partial charge in [0.1, 0.15) is 11.3 Å². The van der Waals surface area contributed by atoms with Crippen molar-refractivity contribution in [3.8, 4) is 5.88 Å². The van der Waals surface area contributed by atoms with E-state index in [0.717, 1.165) is 20.0 Å². The number of nitrogens with one attached hydrogen (secondary N) is 1. The van der Waals surface area contributed by atoms with Crippen LogP contribution in [0.4, 0.5) is 10.2 Å². The van der Waals surface area contributed by atoms with Crippen LogP contribution in [-0.2, 0) is 16.1 Å². The van der Waals surface area contributed by atoms with Gasteiger partial charge in [-0.2, -0.15) is 5.10 Å². The van der Waals surface area contributed by atoms with E-state index in [2.05, 4.69) is 19.8 Å². The molecule has 2 N–H and O–H groups in total. The van der Waals surface area contributed by atoms with E-state index in [9.17, 15) is 14.7 Å². The van der Waals surface area contributed by atoms with Crippen LogP contribution in [0.25, 0.3) is 0 Å². The first-order valence-electron chi connectivity index (χ1n) is 10.1. The van der Waals surface area contributed by atoms with Gasteiger partial charge < -0.3 is 9.84 Å². The fourth-order valence-corrected chi connectivity index (χ4v) is 3.64. The van der Waals surface area contributed by atoms with Crippen molar-refractivity contribution in [2.24, 2.45) is 16.8 Å². The second kappa shape index (κ2) is 9.13. The summed E-state index contributed by atoms with van der Waals surface area (Å²) in [6.07, 6.45) is 1.22. The summed E-state index contributed by atoms with van der Waals surface area (Å²) in [5.74, 6) is -1.04. The van der Waals surface area contributed by atoms with Gasteiger partial charge in [0.05, 0.1) is 19.3 Å². The Hall–Kier alpha value is -2.82. The van der Waals surface area contributed by atoms with Gasteiger partial charge in [0.25, 0.3) is 5.56 Å². The van der Waals surface area contributed by atoms with Gasteiger partial charge in [-0.05, 0) is 43.8 Å². The van der Waals surface area contributed by atoms with E-state index < -0.39 is 34.9 Å². The number of aromatic amines is 1. The third-order valence-electron chi connectivity index (χ3n) is 5.20. The third kappa shape index (κ3) is 4.76. The summed E-state index contributed by atoms with van der Waals surface area (Å²) in [5, 5.41) is 15.1. The lowest BCUT2D eigenvalue weighted by atomic mass is 10.1.